The molecule has 1 aromatic rings. The van der Waals surface area contributed by atoms with Crippen LogP contribution < -0.4 is 0 Å². The molecule has 0 aliphatic heterocycles. The Balaban J connectivity index is 3.31. The van der Waals surface area contributed by atoms with Gasteiger partial charge < -0.3 is 9.47 Å². The molecular formula is C11H12BrNO4. The Hall–Kier alpha value is -1.43. The number of rotatable bonds is 3. The molecule has 0 radical (unpaired) electrons. The van der Waals surface area contributed by atoms with Crippen molar-refractivity contribution in [3.63, 3.8) is 0 Å². The van der Waals surface area contributed by atoms with Crippen LogP contribution in [0.15, 0.2) is 12.3 Å². The number of alkyl halides is 1. The molecule has 0 bridgehead atoms. The Morgan fingerprint density at radius 2 is 1.88 bits per heavy atom. The van der Waals surface area contributed by atoms with Gasteiger partial charge in [-0.25, -0.2) is 14.6 Å². The van der Waals surface area contributed by atoms with E-state index in [1.165, 1.54) is 20.4 Å². The summed E-state index contributed by atoms with van der Waals surface area (Å²) < 4.78 is 9.16. The number of carbonyl (C=O) groups is 2. The highest BCUT2D eigenvalue weighted by Crippen LogP contribution is 2.23. The molecule has 1 aromatic heterocycles. The molecule has 6 heteroatoms. The fraction of sp³-hybridized carbons (Fsp3) is 0.364. The molecule has 0 amide bonds. The molecule has 0 fully saturated rings. The molecular weight excluding hydrogens is 290 g/mol. The van der Waals surface area contributed by atoms with E-state index in [4.69, 9.17) is 0 Å². The van der Waals surface area contributed by atoms with Gasteiger partial charge in [0, 0.05) is 11.0 Å². The maximum absolute atomic E-state index is 11.5. The third kappa shape index (κ3) is 3.03. The number of aromatic nitrogens is 1. The minimum absolute atomic E-state index is 0.0186. The van der Waals surface area contributed by atoms with E-state index in [-0.39, 0.29) is 16.1 Å². The summed E-state index contributed by atoms with van der Waals surface area (Å²) in [6.07, 6.45) is 1.51. The van der Waals surface area contributed by atoms with E-state index in [0.29, 0.717) is 0 Å². The number of methoxy groups -OCH3 is 2. The zero-order valence-corrected chi connectivity index (χ0v) is 11.3. The van der Waals surface area contributed by atoms with E-state index in [1.807, 2.05) is 6.92 Å². The van der Waals surface area contributed by atoms with Crippen LogP contribution in [0.4, 0.5) is 0 Å². The summed E-state index contributed by atoms with van der Waals surface area (Å²) in [6.45, 7) is 1.88. The zero-order chi connectivity index (χ0) is 13.0. The number of nitrogens with zero attached hydrogens (tertiary/aromatic N) is 1. The Morgan fingerprint density at radius 3 is 2.35 bits per heavy atom. The molecule has 92 valence electrons. The summed E-state index contributed by atoms with van der Waals surface area (Å²) in [5, 5.41) is 0. The second-order valence-corrected chi connectivity index (χ2v) is 4.64. The average molecular weight is 302 g/mol. The Bertz CT molecular complexity index is 445. The fourth-order valence-electron chi connectivity index (χ4n) is 1.22. The highest BCUT2D eigenvalue weighted by molar-refractivity contribution is 9.09. The van der Waals surface area contributed by atoms with Crippen LogP contribution in [0.1, 0.15) is 38.2 Å². The van der Waals surface area contributed by atoms with Gasteiger partial charge in [0.05, 0.1) is 19.8 Å². The summed E-state index contributed by atoms with van der Waals surface area (Å²) in [5.41, 5.74) is 0.831. The first-order valence-electron chi connectivity index (χ1n) is 4.82. The van der Waals surface area contributed by atoms with Crippen LogP contribution in [0.3, 0.4) is 0 Å². The molecule has 1 heterocycles. The number of hydrogen-bond donors (Lipinski definition) is 0. The predicted molar refractivity (Wildman–Crippen MR) is 64.3 cm³/mol. The predicted octanol–water partition coefficient (Wildman–Crippen LogP) is 2.11. The van der Waals surface area contributed by atoms with Crippen LogP contribution in [0.5, 0.6) is 0 Å². The molecule has 0 saturated heterocycles. The lowest BCUT2D eigenvalue weighted by Crippen LogP contribution is -2.14. The lowest BCUT2D eigenvalue weighted by molar-refractivity contribution is 0.0549. The number of carbonyl (C=O) groups excluding carboxylic acids is 2. The van der Waals surface area contributed by atoms with Gasteiger partial charge in [0.15, 0.2) is 5.69 Å². The fourth-order valence-corrected chi connectivity index (χ4v) is 1.47. The summed E-state index contributed by atoms with van der Waals surface area (Å²) in [5.74, 6) is -1.29. The first-order chi connectivity index (χ1) is 8.01. The lowest BCUT2D eigenvalue weighted by atomic mass is 10.1. The number of halogens is 1. The van der Waals surface area contributed by atoms with E-state index < -0.39 is 11.9 Å². The second kappa shape index (κ2) is 5.77. The maximum Gasteiger partial charge on any atom is 0.357 e. The third-order valence-corrected chi connectivity index (χ3v) is 2.68. The van der Waals surface area contributed by atoms with Gasteiger partial charge >= 0.3 is 11.9 Å². The Morgan fingerprint density at radius 1 is 1.29 bits per heavy atom. The van der Waals surface area contributed by atoms with Gasteiger partial charge in [-0.1, -0.05) is 15.9 Å². The topological polar surface area (TPSA) is 65.5 Å². The summed E-state index contributed by atoms with van der Waals surface area (Å²) >= 11 is 3.36. The molecule has 0 aliphatic carbocycles. The summed E-state index contributed by atoms with van der Waals surface area (Å²) in [7, 11) is 2.47. The van der Waals surface area contributed by atoms with Gasteiger partial charge in [-0.15, -0.1) is 0 Å². The quantitative estimate of drug-likeness (QED) is 0.632. The van der Waals surface area contributed by atoms with Crippen LogP contribution in [0.2, 0.25) is 0 Å². The molecule has 0 saturated carbocycles. The van der Waals surface area contributed by atoms with Crippen molar-refractivity contribution in [3.05, 3.63) is 29.1 Å². The van der Waals surface area contributed by atoms with Crippen LogP contribution in [-0.2, 0) is 9.47 Å². The molecule has 1 unspecified atom stereocenters. The SMILES string of the molecule is COC(=O)c1cc(C(C)Br)cnc1C(=O)OC. The molecule has 1 rings (SSSR count). The molecule has 0 spiro atoms. The minimum atomic E-state index is -0.667. The lowest BCUT2D eigenvalue weighted by Gasteiger charge is -2.09. The number of ether oxygens (including phenoxy) is 2. The van der Waals surface area contributed by atoms with E-state index >= 15 is 0 Å². The highest BCUT2D eigenvalue weighted by atomic mass is 79.9. The average Bonchev–Trinajstić information content (AvgIpc) is 2.35. The van der Waals surface area contributed by atoms with Gasteiger partial charge in [-0.3, -0.25) is 0 Å². The summed E-state index contributed by atoms with van der Waals surface area (Å²) in [6, 6.07) is 1.56. The van der Waals surface area contributed by atoms with E-state index in [9.17, 15) is 9.59 Å². The Kier molecular flexibility index (Phi) is 4.62. The molecule has 0 aromatic carbocycles. The van der Waals surface area contributed by atoms with Crippen molar-refractivity contribution in [1.82, 2.24) is 4.98 Å². The van der Waals surface area contributed by atoms with E-state index in [0.717, 1.165) is 5.56 Å². The molecule has 0 N–H and O–H groups in total. The molecule has 0 aliphatic rings. The Labute approximate surface area is 107 Å². The van der Waals surface area contributed by atoms with Crippen molar-refractivity contribution >= 4 is 27.9 Å². The van der Waals surface area contributed by atoms with Crippen molar-refractivity contribution < 1.29 is 19.1 Å². The second-order valence-electron chi connectivity index (χ2n) is 3.26. The van der Waals surface area contributed by atoms with Crippen LogP contribution >= 0.6 is 15.9 Å². The van der Waals surface area contributed by atoms with E-state index in [1.54, 1.807) is 6.07 Å². The smallest absolute Gasteiger partial charge is 0.357 e. The summed E-state index contributed by atoms with van der Waals surface area (Å²) in [4.78, 5) is 26.9. The van der Waals surface area contributed by atoms with Gasteiger partial charge in [0.2, 0.25) is 0 Å². The molecule has 1 atom stereocenters. The van der Waals surface area contributed by atoms with Crippen LogP contribution in [0.25, 0.3) is 0 Å². The third-order valence-electron chi connectivity index (χ3n) is 2.15. The van der Waals surface area contributed by atoms with Gasteiger partial charge in [0.1, 0.15) is 0 Å². The standard InChI is InChI=1S/C11H12BrNO4/c1-6(12)7-4-8(10(14)16-2)9(13-5-7)11(15)17-3/h4-6H,1-3H3. The largest absolute Gasteiger partial charge is 0.465 e. The van der Waals surface area contributed by atoms with Crippen LogP contribution in [0, 0.1) is 0 Å². The van der Waals surface area contributed by atoms with Gasteiger partial charge in [0.25, 0.3) is 0 Å². The van der Waals surface area contributed by atoms with Gasteiger partial charge in [-0.2, -0.15) is 0 Å². The first-order valence-corrected chi connectivity index (χ1v) is 5.73. The van der Waals surface area contributed by atoms with Crippen molar-refractivity contribution in [3.8, 4) is 0 Å². The monoisotopic (exact) mass is 301 g/mol. The number of esters is 2. The maximum atomic E-state index is 11.5. The van der Waals surface area contributed by atoms with Crippen molar-refractivity contribution in [2.24, 2.45) is 0 Å². The van der Waals surface area contributed by atoms with Crippen molar-refractivity contribution in [1.29, 1.82) is 0 Å². The zero-order valence-electron chi connectivity index (χ0n) is 9.69. The molecule has 5 nitrogen and oxygen atoms in total. The minimum Gasteiger partial charge on any atom is -0.465 e. The number of hydrogen-bond acceptors (Lipinski definition) is 5. The van der Waals surface area contributed by atoms with Gasteiger partial charge in [-0.05, 0) is 18.6 Å². The van der Waals surface area contributed by atoms with Crippen LogP contribution in [-0.4, -0.2) is 31.1 Å². The van der Waals surface area contributed by atoms with Crippen molar-refractivity contribution in [2.75, 3.05) is 14.2 Å². The van der Waals surface area contributed by atoms with Crippen molar-refractivity contribution in [2.45, 2.75) is 11.8 Å². The highest BCUT2D eigenvalue weighted by Gasteiger charge is 2.21. The normalized spacial score (nSPS) is 11.8. The van der Waals surface area contributed by atoms with E-state index in [2.05, 4.69) is 30.4 Å². The number of pyridine rings is 1. The molecule has 17 heavy (non-hydrogen) atoms. The first kappa shape index (κ1) is 13.6.